The first-order valence-electron chi connectivity index (χ1n) is 5.16. The van der Waals surface area contributed by atoms with Crippen LogP contribution in [-0.2, 0) is 0 Å². The van der Waals surface area contributed by atoms with E-state index in [1.54, 1.807) is 0 Å². The predicted octanol–water partition coefficient (Wildman–Crippen LogP) is 3.63. The molecule has 0 aliphatic carbocycles. The minimum absolute atomic E-state index is 0. The van der Waals surface area contributed by atoms with Gasteiger partial charge in [0, 0.05) is 6.81 Å². The molecule has 0 amide bonds. The van der Waals surface area contributed by atoms with E-state index in [9.17, 15) is 0 Å². The number of H-pyrrole nitrogens is 1. The predicted molar refractivity (Wildman–Crippen MR) is 61.7 cm³/mol. The lowest BCUT2D eigenvalue weighted by molar-refractivity contribution is 0.732. The molecule has 0 radical (unpaired) electrons. The standard InChI is InChI=1S/C12H16N2.H2/c1-4-8(2)11-9(3)5-6-10-7-13-14-12(10)11;/h5-8H,4H2,1-3H3,(H,13,14);1H. The zero-order chi connectivity index (χ0) is 10.1. The van der Waals surface area contributed by atoms with Gasteiger partial charge >= 0.3 is 0 Å². The van der Waals surface area contributed by atoms with Gasteiger partial charge in [-0.25, -0.2) is 0 Å². The average molecular weight is 190 g/mol. The summed E-state index contributed by atoms with van der Waals surface area (Å²) in [5, 5.41) is 8.40. The summed E-state index contributed by atoms with van der Waals surface area (Å²) < 4.78 is 0. The molecule has 1 atom stereocenters. The lowest BCUT2D eigenvalue weighted by atomic mass is 9.92. The van der Waals surface area contributed by atoms with E-state index < -0.39 is 0 Å². The van der Waals surface area contributed by atoms with Crippen LogP contribution in [0.2, 0.25) is 0 Å². The Morgan fingerprint density at radius 3 is 3.00 bits per heavy atom. The van der Waals surface area contributed by atoms with Gasteiger partial charge in [0.15, 0.2) is 0 Å². The van der Waals surface area contributed by atoms with Crippen LogP contribution < -0.4 is 0 Å². The number of hydrogen-bond donors (Lipinski definition) is 1. The van der Waals surface area contributed by atoms with E-state index in [4.69, 9.17) is 0 Å². The molecule has 2 nitrogen and oxygen atoms in total. The Bertz CT molecular complexity index is 448. The molecule has 2 aromatic rings. The van der Waals surface area contributed by atoms with Crippen molar-refractivity contribution in [1.82, 2.24) is 10.2 Å². The average Bonchev–Trinajstić information content (AvgIpc) is 2.64. The molecular formula is C12H18N2. The van der Waals surface area contributed by atoms with Crippen molar-refractivity contribution in [2.75, 3.05) is 0 Å². The molecule has 1 aromatic heterocycles. The summed E-state index contributed by atoms with van der Waals surface area (Å²) in [5.41, 5.74) is 3.98. The Morgan fingerprint density at radius 2 is 2.29 bits per heavy atom. The van der Waals surface area contributed by atoms with E-state index in [2.05, 4.69) is 43.1 Å². The molecule has 2 heteroatoms. The van der Waals surface area contributed by atoms with Crippen LogP contribution in [0.3, 0.4) is 0 Å². The lowest BCUT2D eigenvalue weighted by Crippen LogP contribution is -1.96. The molecule has 76 valence electrons. The molecule has 0 aliphatic heterocycles. The molecule has 1 unspecified atom stereocenters. The molecule has 0 saturated carbocycles. The van der Waals surface area contributed by atoms with Gasteiger partial charge in [-0.1, -0.05) is 26.0 Å². The van der Waals surface area contributed by atoms with Crippen molar-refractivity contribution in [2.24, 2.45) is 0 Å². The van der Waals surface area contributed by atoms with E-state index in [0.717, 1.165) is 0 Å². The maximum absolute atomic E-state index is 4.09. The molecule has 0 bridgehead atoms. The van der Waals surface area contributed by atoms with Crippen molar-refractivity contribution in [2.45, 2.75) is 33.1 Å². The van der Waals surface area contributed by atoms with Crippen LogP contribution in [0, 0.1) is 6.92 Å². The first kappa shape index (κ1) is 9.25. The van der Waals surface area contributed by atoms with Crippen LogP contribution in [-0.4, -0.2) is 10.2 Å². The first-order valence-corrected chi connectivity index (χ1v) is 5.16. The summed E-state index contributed by atoms with van der Waals surface area (Å²) in [6.45, 7) is 6.66. The minimum atomic E-state index is 0. The fourth-order valence-corrected chi connectivity index (χ4v) is 1.98. The second-order valence-corrected chi connectivity index (χ2v) is 3.94. The van der Waals surface area contributed by atoms with Gasteiger partial charge in [0.25, 0.3) is 0 Å². The summed E-state index contributed by atoms with van der Waals surface area (Å²) in [6.07, 6.45) is 3.06. The van der Waals surface area contributed by atoms with Gasteiger partial charge in [0.1, 0.15) is 0 Å². The highest BCUT2D eigenvalue weighted by atomic mass is 15.1. The summed E-state index contributed by atoms with van der Waals surface area (Å²) >= 11 is 0. The van der Waals surface area contributed by atoms with E-state index in [1.165, 1.54) is 28.5 Å². The lowest BCUT2D eigenvalue weighted by Gasteiger charge is -2.13. The van der Waals surface area contributed by atoms with Crippen LogP contribution in [0.5, 0.6) is 0 Å². The third-order valence-corrected chi connectivity index (χ3v) is 2.98. The molecule has 0 spiro atoms. The van der Waals surface area contributed by atoms with Gasteiger partial charge in [0.2, 0.25) is 0 Å². The number of fused-ring (bicyclic) bond motifs is 1. The van der Waals surface area contributed by atoms with E-state index in [-0.39, 0.29) is 1.43 Å². The van der Waals surface area contributed by atoms with Gasteiger partial charge < -0.3 is 0 Å². The van der Waals surface area contributed by atoms with Gasteiger partial charge in [-0.3, -0.25) is 5.10 Å². The molecule has 0 fully saturated rings. The molecule has 1 N–H and O–H groups in total. The largest absolute Gasteiger partial charge is 0.278 e. The van der Waals surface area contributed by atoms with Crippen LogP contribution in [0.1, 0.15) is 38.7 Å². The highest BCUT2D eigenvalue weighted by molar-refractivity contribution is 5.82. The van der Waals surface area contributed by atoms with Crippen molar-refractivity contribution in [3.63, 3.8) is 0 Å². The zero-order valence-electron chi connectivity index (χ0n) is 8.96. The highest BCUT2D eigenvalue weighted by Gasteiger charge is 2.11. The SMILES string of the molecule is CCC(C)c1c(C)ccc2cn[nH]c12.[HH]. The fraction of sp³-hybridized carbons (Fsp3) is 0.417. The number of benzene rings is 1. The third-order valence-electron chi connectivity index (χ3n) is 2.98. The highest BCUT2D eigenvalue weighted by Crippen LogP contribution is 2.28. The summed E-state index contributed by atoms with van der Waals surface area (Å²) in [7, 11) is 0. The Hall–Kier alpha value is -1.31. The molecule has 2 rings (SSSR count). The number of nitrogens with one attached hydrogen (secondary N) is 1. The molecule has 14 heavy (non-hydrogen) atoms. The van der Waals surface area contributed by atoms with E-state index in [1.807, 2.05) is 6.20 Å². The Labute approximate surface area is 85.8 Å². The number of nitrogens with zero attached hydrogens (tertiary/aromatic N) is 1. The summed E-state index contributed by atoms with van der Waals surface area (Å²) in [4.78, 5) is 0. The maximum Gasteiger partial charge on any atom is 0.0687 e. The second-order valence-electron chi connectivity index (χ2n) is 3.94. The van der Waals surface area contributed by atoms with Crippen molar-refractivity contribution in [3.8, 4) is 0 Å². The molecule has 1 heterocycles. The number of hydrogen-bond acceptors (Lipinski definition) is 1. The molecule has 1 aromatic carbocycles. The summed E-state index contributed by atoms with van der Waals surface area (Å²) in [6, 6.07) is 4.30. The quantitative estimate of drug-likeness (QED) is 0.769. The number of aryl methyl sites for hydroxylation is 1. The normalized spacial score (nSPS) is 13.4. The van der Waals surface area contributed by atoms with Crippen molar-refractivity contribution in [1.29, 1.82) is 0 Å². The van der Waals surface area contributed by atoms with E-state index >= 15 is 0 Å². The van der Waals surface area contributed by atoms with Crippen molar-refractivity contribution in [3.05, 3.63) is 29.5 Å². The van der Waals surface area contributed by atoms with Crippen LogP contribution in [0.4, 0.5) is 0 Å². The first-order chi connectivity index (χ1) is 6.74. The maximum atomic E-state index is 4.09. The summed E-state index contributed by atoms with van der Waals surface area (Å²) in [5.74, 6) is 0.596. The third kappa shape index (κ3) is 1.31. The molecule has 0 aliphatic rings. The number of aromatic amines is 1. The smallest absolute Gasteiger partial charge is 0.0687 e. The zero-order valence-corrected chi connectivity index (χ0v) is 8.96. The van der Waals surface area contributed by atoms with Gasteiger partial charge in [0.05, 0.1) is 11.7 Å². The van der Waals surface area contributed by atoms with Crippen LogP contribution in [0.25, 0.3) is 10.9 Å². The van der Waals surface area contributed by atoms with Gasteiger partial charge in [-0.15, -0.1) is 0 Å². The minimum Gasteiger partial charge on any atom is -0.278 e. The van der Waals surface area contributed by atoms with Gasteiger partial charge in [-0.2, -0.15) is 5.10 Å². The topological polar surface area (TPSA) is 28.7 Å². The van der Waals surface area contributed by atoms with Crippen LogP contribution >= 0.6 is 0 Å². The monoisotopic (exact) mass is 190 g/mol. The van der Waals surface area contributed by atoms with Crippen LogP contribution in [0.15, 0.2) is 18.3 Å². The number of aromatic nitrogens is 2. The number of rotatable bonds is 2. The molecule has 0 saturated heterocycles. The Kier molecular flexibility index (Phi) is 2.28. The van der Waals surface area contributed by atoms with Crippen molar-refractivity contribution >= 4 is 10.9 Å². The van der Waals surface area contributed by atoms with E-state index in [0.29, 0.717) is 5.92 Å². The fourth-order valence-electron chi connectivity index (χ4n) is 1.98. The van der Waals surface area contributed by atoms with Crippen molar-refractivity contribution < 1.29 is 1.43 Å². The molecular weight excluding hydrogens is 172 g/mol. The second kappa shape index (κ2) is 3.45. The van der Waals surface area contributed by atoms with Gasteiger partial charge in [-0.05, 0) is 30.4 Å². The Morgan fingerprint density at radius 1 is 1.50 bits per heavy atom. The Balaban J connectivity index is 0.00000112.